The largest absolute Gasteiger partial charge is 0.395 e. The number of benzene rings is 1. The van der Waals surface area contributed by atoms with Gasteiger partial charge in [-0.25, -0.2) is 4.39 Å². The zero-order chi connectivity index (χ0) is 10.8. The maximum Gasteiger partial charge on any atom is 0.239 e. The Morgan fingerprint density at radius 3 is 3.00 bits per heavy atom. The first kappa shape index (κ1) is 9.76. The Morgan fingerprint density at radius 1 is 1.47 bits per heavy atom. The van der Waals surface area contributed by atoms with E-state index in [1.54, 1.807) is 17.0 Å². The Morgan fingerprint density at radius 2 is 2.27 bits per heavy atom. The third-order valence-electron chi connectivity index (χ3n) is 2.41. The van der Waals surface area contributed by atoms with Crippen LogP contribution in [0.15, 0.2) is 18.2 Å². The molecule has 0 atom stereocenters. The predicted octanol–water partition coefficient (Wildman–Crippen LogP) is 0.344. The van der Waals surface area contributed by atoms with Gasteiger partial charge in [-0.2, -0.15) is 0 Å². The minimum atomic E-state index is -0.446. The molecule has 1 aliphatic heterocycles. The van der Waals surface area contributed by atoms with Gasteiger partial charge >= 0.3 is 0 Å². The third kappa shape index (κ3) is 1.86. The molecule has 4 nitrogen and oxygen atoms in total. The molecule has 0 aromatic heterocycles. The number of nitrogens with zero attached hydrogens (tertiary/aromatic N) is 1. The van der Waals surface area contributed by atoms with E-state index >= 15 is 0 Å². The van der Waals surface area contributed by atoms with Crippen LogP contribution in [0.1, 0.15) is 0 Å². The Hall–Kier alpha value is -1.78. The maximum absolute atomic E-state index is 13.2. The lowest BCUT2D eigenvalue weighted by Gasteiger charge is -2.29. The number of amides is 1. The van der Waals surface area contributed by atoms with Crippen LogP contribution in [0.3, 0.4) is 0 Å². The number of carbonyl (C=O) groups is 1. The van der Waals surface area contributed by atoms with Crippen LogP contribution in [0.5, 0.6) is 0 Å². The number of nitrogens with two attached hydrogens (primary N) is 1. The molecule has 1 aliphatic rings. The fraction of sp³-hybridized carbons (Fsp3) is 0.300. The molecule has 5 heteroatoms. The molecule has 1 saturated heterocycles. The normalized spacial score (nSPS) is 16.3. The van der Waals surface area contributed by atoms with Gasteiger partial charge in [-0.15, -0.1) is 0 Å². The summed E-state index contributed by atoms with van der Waals surface area (Å²) in [6.45, 7) is 1.45. The van der Waals surface area contributed by atoms with Gasteiger partial charge in [0, 0.05) is 13.1 Å². The van der Waals surface area contributed by atoms with Crippen molar-refractivity contribution >= 4 is 17.3 Å². The molecule has 0 unspecified atom stereocenters. The first-order chi connectivity index (χ1) is 7.18. The smallest absolute Gasteiger partial charge is 0.239 e. The molecule has 0 spiro atoms. The highest BCUT2D eigenvalue weighted by molar-refractivity contribution is 5.84. The second-order valence-electron chi connectivity index (χ2n) is 3.44. The van der Waals surface area contributed by atoms with Crippen molar-refractivity contribution < 1.29 is 9.18 Å². The van der Waals surface area contributed by atoms with Gasteiger partial charge in [-0.05, 0) is 12.1 Å². The summed E-state index contributed by atoms with van der Waals surface area (Å²) in [6, 6.07) is 4.62. The van der Waals surface area contributed by atoms with Crippen molar-refractivity contribution in [2.45, 2.75) is 0 Å². The van der Waals surface area contributed by atoms with E-state index in [2.05, 4.69) is 5.32 Å². The van der Waals surface area contributed by atoms with Crippen LogP contribution < -0.4 is 16.0 Å². The topological polar surface area (TPSA) is 58.4 Å². The number of rotatable bonds is 1. The van der Waals surface area contributed by atoms with Gasteiger partial charge in [-0.1, -0.05) is 6.07 Å². The highest BCUT2D eigenvalue weighted by Crippen LogP contribution is 2.25. The highest BCUT2D eigenvalue weighted by Gasteiger charge is 2.19. The number of nitrogens with one attached hydrogen (secondary N) is 1. The minimum absolute atomic E-state index is 0.0649. The van der Waals surface area contributed by atoms with Gasteiger partial charge < -0.3 is 16.0 Å². The fourth-order valence-electron chi connectivity index (χ4n) is 1.65. The van der Waals surface area contributed by atoms with Gasteiger partial charge in [0.1, 0.15) is 5.82 Å². The van der Waals surface area contributed by atoms with E-state index in [1.807, 2.05) is 0 Å². The monoisotopic (exact) mass is 209 g/mol. The Kier molecular flexibility index (Phi) is 2.45. The number of piperazine rings is 1. The number of nitrogen functional groups attached to an aromatic ring is 1. The van der Waals surface area contributed by atoms with Crippen LogP contribution in [-0.4, -0.2) is 25.5 Å². The molecule has 80 valence electrons. The van der Waals surface area contributed by atoms with Crippen LogP contribution in [0.4, 0.5) is 15.8 Å². The number of carbonyl (C=O) groups excluding carboxylic acids is 1. The molecule has 0 radical (unpaired) electrons. The Bertz CT molecular complexity index is 394. The van der Waals surface area contributed by atoms with E-state index in [1.165, 1.54) is 6.07 Å². The summed E-state index contributed by atoms with van der Waals surface area (Å²) in [7, 11) is 0. The number of halogens is 1. The van der Waals surface area contributed by atoms with Crippen molar-refractivity contribution in [3.63, 3.8) is 0 Å². The van der Waals surface area contributed by atoms with E-state index < -0.39 is 5.82 Å². The van der Waals surface area contributed by atoms with Crippen molar-refractivity contribution in [1.29, 1.82) is 0 Å². The van der Waals surface area contributed by atoms with Gasteiger partial charge in [0.2, 0.25) is 5.91 Å². The molecule has 1 aromatic rings. The molecule has 2 rings (SSSR count). The average molecular weight is 209 g/mol. The zero-order valence-electron chi connectivity index (χ0n) is 8.16. The molecular weight excluding hydrogens is 197 g/mol. The molecule has 0 saturated carbocycles. The molecule has 1 fully saturated rings. The van der Waals surface area contributed by atoms with E-state index in [0.717, 1.165) is 0 Å². The molecule has 0 bridgehead atoms. The zero-order valence-corrected chi connectivity index (χ0v) is 8.16. The quantitative estimate of drug-likeness (QED) is 0.656. The summed E-state index contributed by atoms with van der Waals surface area (Å²) in [6.07, 6.45) is 0. The summed E-state index contributed by atoms with van der Waals surface area (Å²) in [5, 5.41) is 2.70. The molecule has 1 heterocycles. The molecule has 1 amide bonds. The SMILES string of the molecule is Nc1c(F)cccc1N1CCNC(=O)C1. The van der Waals surface area contributed by atoms with E-state index in [4.69, 9.17) is 5.73 Å². The van der Waals surface area contributed by atoms with Crippen LogP contribution in [-0.2, 0) is 4.79 Å². The van der Waals surface area contributed by atoms with E-state index in [0.29, 0.717) is 18.8 Å². The van der Waals surface area contributed by atoms with Crippen molar-refractivity contribution in [2.75, 3.05) is 30.3 Å². The van der Waals surface area contributed by atoms with Crippen LogP contribution in [0.25, 0.3) is 0 Å². The lowest BCUT2D eigenvalue weighted by Crippen LogP contribution is -2.47. The molecule has 3 N–H and O–H groups in total. The lowest BCUT2D eigenvalue weighted by molar-refractivity contribution is -0.120. The number of anilines is 2. The standard InChI is InChI=1S/C10H12FN3O/c11-7-2-1-3-8(10(7)12)14-5-4-13-9(15)6-14/h1-3H,4-6,12H2,(H,13,15). The second kappa shape index (κ2) is 3.76. The third-order valence-corrected chi connectivity index (χ3v) is 2.41. The first-order valence-corrected chi connectivity index (χ1v) is 4.74. The van der Waals surface area contributed by atoms with Crippen molar-refractivity contribution in [3.05, 3.63) is 24.0 Å². The molecule has 0 aliphatic carbocycles. The van der Waals surface area contributed by atoms with Gasteiger partial charge in [0.15, 0.2) is 0 Å². The van der Waals surface area contributed by atoms with Gasteiger partial charge in [-0.3, -0.25) is 4.79 Å². The summed E-state index contributed by atoms with van der Waals surface area (Å²) in [5.41, 5.74) is 6.30. The average Bonchev–Trinajstić information content (AvgIpc) is 2.22. The number of hydrogen-bond donors (Lipinski definition) is 2. The molecule has 15 heavy (non-hydrogen) atoms. The first-order valence-electron chi connectivity index (χ1n) is 4.74. The predicted molar refractivity (Wildman–Crippen MR) is 56.0 cm³/mol. The summed E-state index contributed by atoms with van der Waals surface area (Å²) in [5.74, 6) is -0.511. The Labute approximate surface area is 86.9 Å². The summed E-state index contributed by atoms with van der Waals surface area (Å²) in [4.78, 5) is 12.9. The maximum atomic E-state index is 13.2. The highest BCUT2D eigenvalue weighted by atomic mass is 19.1. The minimum Gasteiger partial charge on any atom is -0.395 e. The van der Waals surface area contributed by atoms with Crippen LogP contribution in [0, 0.1) is 5.82 Å². The lowest BCUT2D eigenvalue weighted by atomic mass is 10.2. The van der Waals surface area contributed by atoms with Crippen LogP contribution in [0.2, 0.25) is 0 Å². The van der Waals surface area contributed by atoms with Gasteiger partial charge in [0.25, 0.3) is 0 Å². The number of para-hydroxylation sites is 1. The number of hydrogen-bond acceptors (Lipinski definition) is 3. The van der Waals surface area contributed by atoms with Crippen molar-refractivity contribution in [1.82, 2.24) is 5.32 Å². The Balaban J connectivity index is 2.28. The summed E-state index contributed by atoms with van der Waals surface area (Å²) >= 11 is 0. The van der Waals surface area contributed by atoms with E-state index in [-0.39, 0.29) is 18.1 Å². The fourth-order valence-corrected chi connectivity index (χ4v) is 1.65. The molecular formula is C10H12FN3O. The van der Waals surface area contributed by atoms with E-state index in [9.17, 15) is 9.18 Å². The van der Waals surface area contributed by atoms with Crippen molar-refractivity contribution in [2.24, 2.45) is 0 Å². The summed E-state index contributed by atoms with van der Waals surface area (Å²) < 4.78 is 13.2. The van der Waals surface area contributed by atoms with Crippen molar-refractivity contribution in [3.8, 4) is 0 Å². The second-order valence-corrected chi connectivity index (χ2v) is 3.44. The van der Waals surface area contributed by atoms with Gasteiger partial charge in [0.05, 0.1) is 17.9 Å². The van der Waals surface area contributed by atoms with Crippen LogP contribution >= 0.6 is 0 Å². The molecule has 1 aromatic carbocycles.